The van der Waals surface area contributed by atoms with Gasteiger partial charge in [0.2, 0.25) is 0 Å². The second-order valence-electron chi connectivity index (χ2n) is 3.69. The lowest BCUT2D eigenvalue weighted by Gasteiger charge is -2.32. The molecule has 2 heteroatoms. The van der Waals surface area contributed by atoms with Gasteiger partial charge in [0.15, 0.2) is 0 Å². The minimum Gasteiger partial charge on any atom is -0.374 e. The molecule has 0 aromatic heterocycles. The van der Waals surface area contributed by atoms with Crippen LogP contribution < -0.4 is 4.90 Å². The topological polar surface area (TPSA) is 23.5 Å². The lowest BCUT2D eigenvalue weighted by Crippen LogP contribution is -2.35. The number of anilines is 1. The van der Waals surface area contributed by atoms with Crippen molar-refractivity contribution in [3.05, 3.63) is 35.9 Å². The molecule has 1 N–H and O–H groups in total. The zero-order valence-electron chi connectivity index (χ0n) is 8.57. The highest BCUT2D eigenvalue weighted by Crippen LogP contribution is 2.31. The maximum atomic E-state index is 9.61. The Morgan fingerprint density at radius 3 is 2.79 bits per heavy atom. The fraction of sp³-hybridized carbons (Fsp3) is 0.333. The highest BCUT2D eigenvalue weighted by atomic mass is 16.3. The van der Waals surface area contributed by atoms with Crippen molar-refractivity contribution < 1.29 is 5.11 Å². The Morgan fingerprint density at radius 2 is 2.07 bits per heavy atom. The molecule has 1 unspecified atom stereocenters. The minimum atomic E-state index is -0.430. The number of para-hydroxylation sites is 1. The number of hydrogen-bond donors (Lipinski definition) is 1. The van der Waals surface area contributed by atoms with E-state index in [4.69, 9.17) is 0 Å². The van der Waals surface area contributed by atoms with Crippen LogP contribution in [-0.4, -0.2) is 17.9 Å². The molecular formula is C12H15NO. The Morgan fingerprint density at radius 1 is 1.36 bits per heavy atom. The van der Waals surface area contributed by atoms with Gasteiger partial charge in [0.25, 0.3) is 0 Å². The highest BCUT2D eigenvalue weighted by molar-refractivity contribution is 5.79. The van der Waals surface area contributed by atoms with E-state index in [1.807, 2.05) is 17.0 Å². The number of aliphatic hydroxyl groups is 1. The summed E-state index contributed by atoms with van der Waals surface area (Å²) in [6, 6.07) is 8.18. The van der Waals surface area contributed by atoms with Gasteiger partial charge in [-0.25, -0.2) is 0 Å². The van der Waals surface area contributed by atoms with Crippen LogP contribution in [0.1, 0.15) is 19.4 Å². The Hall–Kier alpha value is -1.28. The second-order valence-corrected chi connectivity index (χ2v) is 3.69. The Kier molecular flexibility index (Phi) is 2.30. The third-order valence-corrected chi connectivity index (χ3v) is 2.68. The molecule has 0 saturated carbocycles. The molecule has 2 rings (SSSR count). The summed E-state index contributed by atoms with van der Waals surface area (Å²) in [6.45, 7) is 4.70. The number of benzene rings is 1. The van der Waals surface area contributed by atoms with Crippen LogP contribution in [0.15, 0.2) is 30.3 Å². The minimum absolute atomic E-state index is 0.430. The van der Waals surface area contributed by atoms with Crippen LogP contribution >= 0.6 is 0 Å². The van der Waals surface area contributed by atoms with Crippen LogP contribution in [0.2, 0.25) is 0 Å². The monoisotopic (exact) mass is 189 g/mol. The van der Waals surface area contributed by atoms with E-state index in [1.165, 1.54) is 11.1 Å². The van der Waals surface area contributed by atoms with Crippen LogP contribution in [-0.2, 0) is 0 Å². The summed E-state index contributed by atoms with van der Waals surface area (Å²) >= 11 is 0. The number of nitrogens with zero attached hydrogens (tertiary/aromatic N) is 1. The van der Waals surface area contributed by atoms with E-state index < -0.39 is 6.23 Å². The summed E-state index contributed by atoms with van der Waals surface area (Å²) in [5.74, 6) is 0. The fourth-order valence-corrected chi connectivity index (χ4v) is 1.85. The lowest BCUT2D eigenvalue weighted by atomic mass is 10.0. The van der Waals surface area contributed by atoms with Crippen molar-refractivity contribution in [3.8, 4) is 0 Å². The molecule has 0 saturated heterocycles. The third-order valence-electron chi connectivity index (χ3n) is 2.68. The number of fused-ring (bicyclic) bond motifs is 1. The van der Waals surface area contributed by atoms with E-state index in [9.17, 15) is 5.11 Å². The molecule has 1 aromatic carbocycles. The van der Waals surface area contributed by atoms with Crippen molar-refractivity contribution >= 4 is 11.3 Å². The van der Waals surface area contributed by atoms with Crippen LogP contribution in [0.5, 0.6) is 0 Å². The molecular weight excluding hydrogens is 174 g/mol. The summed E-state index contributed by atoms with van der Waals surface area (Å²) < 4.78 is 0. The molecule has 0 amide bonds. The van der Waals surface area contributed by atoms with Crippen LogP contribution in [0.25, 0.3) is 5.57 Å². The maximum absolute atomic E-state index is 9.61. The first-order chi connectivity index (χ1) is 6.70. The summed E-state index contributed by atoms with van der Waals surface area (Å²) in [4.78, 5) is 1.99. The SMILES string of the molecule is CC1=CCN(C(C)O)c2ccccc21. The normalized spacial score (nSPS) is 17.4. The number of allylic oxidation sites excluding steroid dienone is 1. The zero-order valence-corrected chi connectivity index (χ0v) is 8.57. The van der Waals surface area contributed by atoms with Gasteiger partial charge in [-0.1, -0.05) is 24.3 Å². The predicted octanol–water partition coefficient (Wildman–Crippen LogP) is 2.25. The van der Waals surface area contributed by atoms with Gasteiger partial charge in [0.05, 0.1) is 0 Å². The van der Waals surface area contributed by atoms with Crippen molar-refractivity contribution in [2.75, 3.05) is 11.4 Å². The summed E-state index contributed by atoms with van der Waals surface area (Å²) in [5.41, 5.74) is 3.64. The van der Waals surface area contributed by atoms with Gasteiger partial charge in [-0.2, -0.15) is 0 Å². The third kappa shape index (κ3) is 1.42. The van der Waals surface area contributed by atoms with E-state index in [0.29, 0.717) is 0 Å². The van der Waals surface area contributed by atoms with Gasteiger partial charge in [-0.05, 0) is 25.5 Å². The van der Waals surface area contributed by atoms with Crippen LogP contribution in [0, 0.1) is 0 Å². The Bertz CT molecular complexity index is 368. The maximum Gasteiger partial charge on any atom is 0.124 e. The Balaban J connectivity index is 2.49. The van der Waals surface area contributed by atoms with Gasteiger partial charge in [0.1, 0.15) is 6.23 Å². The first-order valence-corrected chi connectivity index (χ1v) is 4.91. The van der Waals surface area contributed by atoms with E-state index in [0.717, 1.165) is 12.2 Å². The Labute approximate surface area is 84.5 Å². The smallest absolute Gasteiger partial charge is 0.124 e. The molecule has 74 valence electrons. The van der Waals surface area contributed by atoms with Crippen LogP contribution in [0.3, 0.4) is 0 Å². The number of rotatable bonds is 1. The molecule has 0 aliphatic carbocycles. The van der Waals surface area contributed by atoms with Crippen molar-refractivity contribution in [1.82, 2.24) is 0 Å². The number of aliphatic hydroxyl groups excluding tert-OH is 1. The summed E-state index contributed by atoms with van der Waals surface area (Å²) in [7, 11) is 0. The van der Waals surface area contributed by atoms with Crippen molar-refractivity contribution in [2.24, 2.45) is 0 Å². The number of hydrogen-bond acceptors (Lipinski definition) is 2. The summed E-state index contributed by atoms with van der Waals surface area (Å²) in [6.07, 6.45) is 1.72. The largest absolute Gasteiger partial charge is 0.374 e. The van der Waals surface area contributed by atoms with Crippen molar-refractivity contribution in [1.29, 1.82) is 0 Å². The molecule has 0 radical (unpaired) electrons. The zero-order chi connectivity index (χ0) is 10.1. The standard InChI is InChI=1S/C12H15NO/c1-9-7-8-13(10(2)14)12-6-4-3-5-11(9)12/h3-7,10,14H,8H2,1-2H3. The molecule has 1 atom stereocenters. The average Bonchev–Trinajstić information content (AvgIpc) is 2.18. The lowest BCUT2D eigenvalue weighted by molar-refractivity contribution is 0.191. The highest BCUT2D eigenvalue weighted by Gasteiger charge is 2.18. The first-order valence-electron chi connectivity index (χ1n) is 4.91. The molecule has 14 heavy (non-hydrogen) atoms. The average molecular weight is 189 g/mol. The van der Waals surface area contributed by atoms with Gasteiger partial charge in [0, 0.05) is 17.8 Å². The second kappa shape index (κ2) is 3.46. The van der Waals surface area contributed by atoms with E-state index in [1.54, 1.807) is 6.92 Å². The van der Waals surface area contributed by atoms with Crippen LogP contribution in [0.4, 0.5) is 5.69 Å². The van der Waals surface area contributed by atoms with Gasteiger partial charge in [-0.3, -0.25) is 0 Å². The molecule has 1 aliphatic heterocycles. The molecule has 1 aromatic rings. The van der Waals surface area contributed by atoms with E-state index in [2.05, 4.69) is 25.1 Å². The van der Waals surface area contributed by atoms with E-state index >= 15 is 0 Å². The molecule has 0 spiro atoms. The van der Waals surface area contributed by atoms with E-state index in [-0.39, 0.29) is 0 Å². The van der Waals surface area contributed by atoms with Crippen molar-refractivity contribution in [3.63, 3.8) is 0 Å². The summed E-state index contributed by atoms with van der Waals surface area (Å²) in [5, 5.41) is 9.61. The van der Waals surface area contributed by atoms with Gasteiger partial charge in [-0.15, -0.1) is 0 Å². The molecule has 2 nitrogen and oxygen atoms in total. The molecule has 1 heterocycles. The first kappa shape index (κ1) is 9.28. The fourth-order valence-electron chi connectivity index (χ4n) is 1.85. The predicted molar refractivity (Wildman–Crippen MR) is 59.1 cm³/mol. The van der Waals surface area contributed by atoms with Gasteiger partial charge < -0.3 is 10.0 Å². The molecule has 1 aliphatic rings. The van der Waals surface area contributed by atoms with Crippen molar-refractivity contribution in [2.45, 2.75) is 20.1 Å². The van der Waals surface area contributed by atoms with Gasteiger partial charge >= 0.3 is 0 Å². The quantitative estimate of drug-likeness (QED) is 0.732. The molecule has 0 bridgehead atoms. The molecule has 0 fully saturated rings.